The van der Waals surface area contributed by atoms with Gasteiger partial charge in [-0.1, -0.05) is 89.3 Å². The number of hydrogen-bond acceptors (Lipinski definition) is 20. The second kappa shape index (κ2) is 36.1. The zero-order valence-corrected chi connectivity index (χ0v) is 63.3. The molecule has 3 aromatic carbocycles. The Kier molecular flexibility index (Phi) is 27.2. The molecule has 3 fully saturated rings. The van der Waals surface area contributed by atoms with Gasteiger partial charge in [-0.05, 0) is 110 Å². The molecular formula is C76H74Cl6N6O16S. The van der Waals surface area contributed by atoms with Gasteiger partial charge in [0.1, 0.15) is 34.5 Å². The molecule has 5 aromatic heterocycles. The second-order valence-corrected chi connectivity index (χ2v) is 28.0. The normalized spacial score (nSPS) is 18.1. The predicted octanol–water partition coefficient (Wildman–Crippen LogP) is 14.2. The minimum atomic E-state index is -0.511. The lowest BCUT2D eigenvalue weighted by Gasteiger charge is -2.31. The molecule has 4 aliphatic rings. The molecule has 1 aliphatic carbocycles. The standard InChI is InChI=1S/C26H26Cl2N2O5.C25H24Cl2N2O6.C25H24Cl2N2O5S/c1-4-22(31)30-19-5-6-35-13-17(19)10-18-9-14-7-15(8-16(14)12-29-18)26(32)23-24(27)20(33-2)11-21(34-3)25(23)28;2*1-4-21(30)29-16-5-6-34-12-14(16)8-15-7-13-9-19(35-20(13)11-28-15)25(31)22-23(26)17(32-2)10-18(33-3)24(22)27/h4,7,9,11-12,17,19H,1,5-6,8,10,13H2,2-3H3,(H,30,31);2*4,7,9-11,14,16H,1,5-6,8,12H2,2-3H3,(H,29,30). The molecule has 0 radical (unpaired) electrons. The number of ether oxygens (including phenoxy) is 9. The zero-order chi connectivity index (χ0) is 75.3. The van der Waals surface area contributed by atoms with Gasteiger partial charge in [0.15, 0.2) is 17.1 Å². The lowest BCUT2D eigenvalue weighted by Crippen LogP contribution is -2.45. The van der Waals surface area contributed by atoms with Gasteiger partial charge in [0.05, 0.1) is 125 Å². The maximum Gasteiger partial charge on any atom is 0.243 e. The van der Waals surface area contributed by atoms with Crippen LogP contribution in [0.1, 0.15) is 89.2 Å². The third kappa shape index (κ3) is 18.3. The molecule has 0 saturated carbocycles. The number of halogens is 6. The van der Waals surface area contributed by atoms with Crippen molar-refractivity contribution in [1.29, 1.82) is 0 Å². The number of nitrogens with zero attached hydrogens (tertiary/aromatic N) is 3. The summed E-state index contributed by atoms with van der Waals surface area (Å²) in [6.07, 6.45) is 15.2. The van der Waals surface area contributed by atoms with Crippen molar-refractivity contribution in [2.45, 2.75) is 63.1 Å². The number of aromatic nitrogens is 3. The van der Waals surface area contributed by atoms with Gasteiger partial charge in [0.2, 0.25) is 29.3 Å². The van der Waals surface area contributed by atoms with Crippen LogP contribution >= 0.6 is 80.9 Å². The van der Waals surface area contributed by atoms with Crippen molar-refractivity contribution >= 4 is 143 Å². The average molecular weight is 1570 g/mol. The van der Waals surface area contributed by atoms with Crippen LogP contribution in [0.25, 0.3) is 27.1 Å². The highest BCUT2D eigenvalue weighted by molar-refractivity contribution is 7.21. The topological polar surface area (TPSA) is 273 Å². The molecule has 0 spiro atoms. The van der Waals surface area contributed by atoms with E-state index in [1.54, 1.807) is 42.9 Å². The molecule has 3 saturated heterocycles. The molecule has 8 aromatic rings. The Hall–Kier alpha value is -8.59. The fourth-order valence-electron chi connectivity index (χ4n) is 12.7. The van der Waals surface area contributed by atoms with Gasteiger partial charge in [0.25, 0.3) is 0 Å². The number of furan rings is 1. The number of fused-ring (bicyclic) bond motifs is 3. The number of carbonyl (C=O) groups excluding carboxylic acids is 6. The minimum absolute atomic E-state index is 0.00990. The van der Waals surface area contributed by atoms with Crippen LogP contribution < -0.4 is 44.4 Å². The van der Waals surface area contributed by atoms with Gasteiger partial charge in [-0.3, -0.25) is 43.7 Å². The zero-order valence-electron chi connectivity index (χ0n) is 58.0. The number of Topliss-reactive ketones (excluding diaryl/α,β-unsaturated/α-hetero) is 1. The van der Waals surface area contributed by atoms with Crippen molar-refractivity contribution in [3.8, 4) is 34.5 Å². The third-order valence-corrected chi connectivity index (χ3v) is 21.6. The highest BCUT2D eigenvalue weighted by Crippen LogP contribution is 2.46. The van der Waals surface area contributed by atoms with Crippen molar-refractivity contribution in [1.82, 2.24) is 30.9 Å². The summed E-state index contributed by atoms with van der Waals surface area (Å²) in [5.74, 6) is 0.269. The van der Waals surface area contributed by atoms with Gasteiger partial charge in [-0.25, -0.2) is 0 Å². The van der Waals surface area contributed by atoms with E-state index < -0.39 is 5.78 Å². The van der Waals surface area contributed by atoms with E-state index in [9.17, 15) is 28.8 Å². The Morgan fingerprint density at radius 3 is 1.29 bits per heavy atom. The van der Waals surface area contributed by atoms with Crippen molar-refractivity contribution in [3.63, 3.8) is 0 Å². The summed E-state index contributed by atoms with van der Waals surface area (Å²) in [7, 11) is 8.71. The Morgan fingerprint density at radius 1 is 0.486 bits per heavy atom. The smallest absolute Gasteiger partial charge is 0.243 e. The summed E-state index contributed by atoms with van der Waals surface area (Å²) >= 11 is 39.9. The highest BCUT2D eigenvalue weighted by Gasteiger charge is 2.34. The first-order chi connectivity index (χ1) is 50.6. The Labute approximate surface area is 639 Å². The minimum Gasteiger partial charge on any atom is -0.495 e. The summed E-state index contributed by atoms with van der Waals surface area (Å²) in [4.78, 5) is 89.7. The largest absolute Gasteiger partial charge is 0.495 e. The maximum absolute atomic E-state index is 13.4. The lowest BCUT2D eigenvalue weighted by atomic mass is 9.90. The van der Waals surface area contributed by atoms with Crippen LogP contribution in [0.5, 0.6) is 34.5 Å². The van der Waals surface area contributed by atoms with Crippen LogP contribution in [0.3, 0.4) is 0 Å². The number of nitrogens with one attached hydrogen (secondary N) is 3. The summed E-state index contributed by atoms with van der Waals surface area (Å²) < 4.78 is 55.2. The van der Waals surface area contributed by atoms with Crippen LogP contribution in [0.4, 0.5) is 0 Å². The molecule has 105 heavy (non-hydrogen) atoms. The quantitative estimate of drug-likeness (QED) is 0.0374. The van der Waals surface area contributed by atoms with E-state index in [4.69, 9.17) is 117 Å². The molecule has 12 rings (SSSR count). The first-order valence-corrected chi connectivity index (χ1v) is 36.1. The number of ketones is 3. The number of amides is 3. The first kappa shape index (κ1) is 79.0. The lowest BCUT2D eigenvalue weighted by molar-refractivity contribution is -0.119. The summed E-state index contributed by atoms with van der Waals surface area (Å²) in [6.45, 7) is 13.9. The molecule has 552 valence electrons. The molecule has 6 unspecified atom stereocenters. The molecule has 22 nitrogen and oxygen atoms in total. The Balaban J connectivity index is 0.000000169. The fourth-order valence-corrected chi connectivity index (χ4v) is 15.7. The van der Waals surface area contributed by atoms with Crippen molar-refractivity contribution < 1.29 is 75.8 Å². The van der Waals surface area contributed by atoms with Gasteiger partial charge >= 0.3 is 0 Å². The van der Waals surface area contributed by atoms with E-state index in [2.05, 4.69) is 50.6 Å². The van der Waals surface area contributed by atoms with Crippen molar-refractivity contribution in [2.75, 3.05) is 82.3 Å². The third-order valence-electron chi connectivity index (χ3n) is 18.2. The summed E-state index contributed by atoms with van der Waals surface area (Å²) in [5, 5.41) is 11.2. The SMILES string of the molecule is C=CC(=O)NC1CCOCC1Cc1cc2c(cn1)CC(C(=O)c1c(Cl)c(OC)cc(OC)c1Cl)=C2.C=CC(=O)NC1CCOCC1Cc1cc2cc(C(=O)c3c(Cl)c(OC)cc(OC)c3Cl)oc2cn1.C=CC(=O)NC1CCOCC1Cc1cc2cc(C(=O)c3c(Cl)c(OC)cc(OC)c3Cl)sc2cn1. The number of hydrogen-bond donors (Lipinski definition) is 3. The second-order valence-electron chi connectivity index (χ2n) is 24.6. The van der Waals surface area contributed by atoms with Crippen molar-refractivity contribution in [3.05, 3.63) is 196 Å². The molecule has 0 bridgehead atoms. The predicted molar refractivity (Wildman–Crippen MR) is 404 cm³/mol. The number of pyridine rings is 3. The highest BCUT2D eigenvalue weighted by atomic mass is 35.5. The number of carbonyl (C=O) groups is 6. The molecule has 3 aliphatic heterocycles. The van der Waals surface area contributed by atoms with Gasteiger partial charge in [-0.2, -0.15) is 0 Å². The molecular weight excluding hydrogens is 1500 g/mol. The molecule has 8 heterocycles. The van der Waals surface area contributed by atoms with Crippen molar-refractivity contribution in [2.24, 2.45) is 17.8 Å². The van der Waals surface area contributed by atoms with E-state index in [0.29, 0.717) is 116 Å². The van der Waals surface area contributed by atoms with Crippen LogP contribution in [0, 0.1) is 17.8 Å². The van der Waals surface area contributed by atoms with Crippen LogP contribution in [0.2, 0.25) is 30.1 Å². The van der Waals surface area contributed by atoms with E-state index in [0.717, 1.165) is 51.1 Å². The number of thiophene rings is 1. The van der Waals surface area contributed by atoms with Crippen LogP contribution in [-0.4, -0.2) is 150 Å². The van der Waals surface area contributed by atoms with Gasteiger partial charge in [0, 0.05) is 121 Å². The van der Waals surface area contributed by atoms with E-state index in [1.165, 1.54) is 78.3 Å². The van der Waals surface area contributed by atoms with E-state index in [1.807, 2.05) is 24.3 Å². The monoisotopic (exact) mass is 1570 g/mol. The number of benzene rings is 3. The average Bonchev–Trinajstić information content (AvgIpc) is 1.77. The molecule has 3 amide bonds. The van der Waals surface area contributed by atoms with Gasteiger partial charge < -0.3 is 63.0 Å². The van der Waals surface area contributed by atoms with E-state index >= 15 is 0 Å². The molecule has 29 heteroatoms. The summed E-state index contributed by atoms with van der Waals surface area (Å²) in [5.41, 5.74) is 5.65. The fraction of sp³-hybridized carbons (Fsp3) is 0.329. The number of rotatable bonds is 24. The number of allylic oxidation sites excluding steroid dienone is 1. The Bertz CT molecular complexity index is 4430. The van der Waals surface area contributed by atoms with Crippen LogP contribution in [0.15, 0.2) is 115 Å². The Morgan fingerprint density at radius 2 is 0.867 bits per heavy atom. The number of methoxy groups -OCH3 is 6. The molecule has 3 N–H and O–H groups in total. The van der Waals surface area contributed by atoms with Crippen LogP contribution in [-0.2, 0) is 54.3 Å². The molecule has 6 atom stereocenters. The van der Waals surface area contributed by atoms with E-state index in [-0.39, 0.29) is 129 Å². The maximum atomic E-state index is 13.4. The summed E-state index contributed by atoms with van der Waals surface area (Å²) in [6, 6.07) is 13.8. The van der Waals surface area contributed by atoms with Gasteiger partial charge in [-0.15, -0.1) is 11.3 Å². The first-order valence-electron chi connectivity index (χ1n) is 33.0.